The van der Waals surface area contributed by atoms with E-state index in [0.717, 1.165) is 6.42 Å². The maximum Gasteiger partial charge on any atom is 0.0898 e. The Balaban J connectivity index is 3.40. The van der Waals surface area contributed by atoms with Gasteiger partial charge in [-0.3, -0.25) is 0 Å². The highest BCUT2D eigenvalue weighted by molar-refractivity contribution is 4.97. The molecule has 0 aliphatic heterocycles. The number of aliphatic hydroxyl groups excluding tert-OH is 1. The summed E-state index contributed by atoms with van der Waals surface area (Å²) in [5.41, 5.74) is 0. The van der Waals surface area contributed by atoms with Gasteiger partial charge in [-0.1, -0.05) is 12.8 Å². The SMILES string of the molecule is C#CC(CC)NCC(O)COCCOC. The Bertz CT molecular complexity index is 179. The molecule has 0 heterocycles. The van der Waals surface area contributed by atoms with Crippen molar-refractivity contribution in [3.8, 4) is 12.3 Å². The van der Waals surface area contributed by atoms with E-state index in [1.54, 1.807) is 7.11 Å². The van der Waals surface area contributed by atoms with Crippen molar-refractivity contribution in [2.24, 2.45) is 0 Å². The molecule has 0 aromatic heterocycles. The molecule has 2 unspecified atom stereocenters. The van der Waals surface area contributed by atoms with E-state index in [0.29, 0.717) is 26.4 Å². The van der Waals surface area contributed by atoms with Crippen molar-refractivity contribution in [1.29, 1.82) is 0 Å². The lowest BCUT2D eigenvalue weighted by Crippen LogP contribution is -2.36. The molecule has 4 heteroatoms. The molecule has 0 bridgehead atoms. The Kier molecular flexibility index (Phi) is 9.54. The fourth-order valence-electron chi connectivity index (χ4n) is 1.02. The first-order chi connectivity index (χ1) is 7.24. The summed E-state index contributed by atoms with van der Waals surface area (Å²) >= 11 is 0. The Morgan fingerprint density at radius 3 is 2.73 bits per heavy atom. The number of hydrogen-bond donors (Lipinski definition) is 2. The molecule has 0 radical (unpaired) electrons. The van der Waals surface area contributed by atoms with Gasteiger partial charge in [0.25, 0.3) is 0 Å². The van der Waals surface area contributed by atoms with Crippen molar-refractivity contribution in [1.82, 2.24) is 5.32 Å². The Hall–Kier alpha value is -0.600. The zero-order valence-corrected chi connectivity index (χ0v) is 9.53. The second-order valence-electron chi connectivity index (χ2n) is 3.26. The maximum atomic E-state index is 9.49. The molecule has 0 fully saturated rings. The van der Waals surface area contributed by atoms with E-state index >= 15 is 0 Å². The first-order valence-electron chi connectivity index (χ1n) is 5.18. The number of ether oxygens (including phenoxy) is 2. The number of hydrogen-bond acceptors (Lipinski definition) is 4. The van der Waals surface area contributed by atoms with E-state index < -0.39 is 6.10 Å². The third-order valence-corrected chi connectivity index (χ3v) is 1.95. The Labute approximate surface area is 92.0 Å². The molecule has 0 aromatic rings. The highest BCUT2D eigenvalue weighted by Gasteiger charge is 2.06. The smallest absolute Gasteiger partial charge is 0.0898 e. The number of methoxy groups -OCH3 is 1. The Morgan fingerprint density at radius 2 is 2.20 bits per heavy atom. The van der Waals surface area contributed by atoms with E-state index in [9.17, 15) is 5.11 Å². The van der Waals surface area contributed by atoms with Gasteiger partial charge < -0.3 is 19.9 Å². The van der Waals surface area contributed by atoms with E-state index in [2.05, 4.69) is 11.2 Å². The van der Waals surface area contributed by atoms with Crippen LogP contribution < -0.4 is 5.32 Å². The zero-order chi connectivity index (χ0) is 11.5. The number of nitrogens with one attached hydrogen (secondary N) is 1. The second kappa shape index (κ2) is 9.94. The summed E-state index contributed by atoms with van der Waals surface area (Å²) in [7, 11) is 1.61. The molecule has 88 valence electrons. The van der Waals surface area contributed by atoms with Gasteiger partial charge in [0.15, 0.2) is 0 Å². The topological polar surface area (TPSA) is 50.7 Å². The molecule has 15 heavy (non-hydrogen) atoms. The highest BCUT2D eigenvalue weighted by atomic mass is 16.5. The van der Waals surface area contributed by atoms with Crippen molar-refractivity contribution in [3.63, 3.8) is 0 Å². The monoisotopic (exact) mass is 215 g/mol. The summed E-state index contributed by atoms with van der Waals surface area (Å²) in [4.78, 5) is 0. The molecule has 0 spiro atoms. The van der Waals surface area contributed by atoms with E-state index in [1.807, 2.05) is 6.92 Å². The van der Waals surface area contributed by atoms with Gasteiger partial charge in [-0.25, -0.2) is 0 Å². The standard InChI is InChI=1S/C11H21NO3/c1-4-10(5-2)12-8-11(13)9-15-7-6-14-3/h1,10-13H,5-9H2,2-3H3. The van der Waals surface area contributed by atoms with E-state index in [-0.39, 0.29) is 6.04 Å². The molecule has 2 N–H and O–H groups in total. The quantitative estimate of drug-likeness (QED) is 0.420. The summed E-state index contributed by atoms with van der Waals surface area (Å²) in [6.45, 7) is 3.80. The lowest BCUT2D eigenvalue weighted by atomic mass is 10.2. The van der Waals surface area contributed by atoms with E-state index in [1.165, 1.54) is 0 Å². The van der Waals surface area contributed by atoms with Crippen molar-refractivity contribution < 1.29 is 14.6 Å². The van der Waals surface area contributed by atoms with Crippen LogP contribution in [0.15, 0.2) is 0 Å². The third-order valence-electron chi connectivity index (χ3n) is 1.95. The molecule has 2 atom stereocenters. The molecule has 4 nitrogen and oxygen atoms in total. The van der Waals surface area contributed by atoms with Gasteiger partial charge in [0.2, 0.25) is 0 Å². The third kappa shape index (κ3) is 8.40. The average molecular weight is 215 g/mol. The van der Waals surface area contributed by atoms with Crippen molar-refractivity contribution in [3.05, 3.63) is 0 Å². The predicted molar refractivity (Wildman–Crippen MR) is 59.6 cm³/mol. The molecule has 0 rings (SSSR count). The van der Waals surface area contributed by atoms with Crippen LogP contribution >= 0.6 is 0 Å². The summed E-state index contributed by atoms with van der Waals surface area (Å²) in [6, 6.07) is 0.0265. The maximum absolute atomic E-state index is 9.49. The normalized spacial score (nSPS) is 14.5. The number of aliphatic hydroxyl groups is 1. The number of terminal acetylenes is 1. The van der Waals surface area contributed by atoms with E-state index in [4.69, 9.17) is 15.9 Å². The van der Waals surface area contributed by atoms with Crippen LogP contribution in [0.25, 0.3) is 0 Å². The average Bonchev–Trinajstić information content (AvgIpc) is 2.26. The molecule has 0 aliphatic rings. The summed E-state index contributed by atoms with van der Waals surface area (Å²) in [5, 5.41) is 12.6. The van der Waals surface area contributed by atoms with Crippen LogP contribution in [0.5, 0.6) is 0 Å². The van der Waals surface area contributed by atoms with Crippen LogP contribution in [-0.2, 0) is 9.47 Å². The van der Waals surface area contributed by atoms with Gasteiger partial charge in [0.1, 0.15) is 0 Å². The fraction of sp³-hybridized carbons (Fsp3) is 0.818. The second-order valence-corrected chi connectivity index (χ2v) is 3.26. The van der Waals surface area contributed by atoms with Gasteiger partial charge in [-0.15, -0.1) is 6.42 Å². The van der Waals surface area contributed by atoms with Gasteiger partial charge >= 0.3 is 0 Å². The number of rotatable bonds is 9. The molecular formula is C11H21NO3. The largest absolute Gasteiger partial charge is 0.389 e. The summed E-state index contributed by atoms with van der Waals surface area (Å²) in [5.74, 6) is 2.60. The van der Waals surface area contributed by atoms with Gasteiger partial charge in [0.05, 0.1) is 32.0 Å². The molecule has 0 saturated heterocycles. The van der Waals surface area contributed by atoms with Crippen LogP contribution in [0.3, 0.4) is 0 Å². The minimum atomic E-state index is -0.524. The van der Waals surface area contributed by atoms with Crippen molar-refractivity contribution >= 4 is 0 Å². The van der Waals surface area contributed by atoms with Crippen LogP contribution in [0.1, 0.15) is 13.3 Å². The Morgan fingerprint density at radius 1 is 1.47 bits per heavy atom. The van der Waals surface area contributed by atoms with Gasteiger partial charge in [0, 0.05) is 13.7 Å². The lowest BCUT2D eigenvalue weighted by Gasteiger charge is -2.15. The van der Waals surface area contributed by atoms with Gasteiger partial charge in [-0.2, -0.15) is 0 Å². The minimum absolute atomic E-state index is 0.0265. The first kappa shape index (κ1) is 14.4. The highest BCUT2D eigenvalue weighted by Crippen LogP contribution is 1.90. The minimum Gasteiger partial charge on any atom is -0.389 e. The summed E-state index contributed by atoms with van der Waals surface area (Å²) in [6.07, 6.45) is 5.60. The first-order valence-corrected chi connectivity index (χ1v) is 5.18. The molecule has 0 saturated carbocycles. The fourth-order valence-corrected chi connectivity index (χ4v) is 1.02. The van der Waals surface area contributed by atoms with Crippen LogP contribution in [-0.4, -0.2) is 50.7 Å². The van der Waals surface area contributed by atoms with Gasteiger partial charge in [-0.05, 0) is 6.42 Å². The van der Waals surface area contributed by atoms with Crippen LogP contribution in [0, 0.1) is 12.3 Å². The van der Waals surface area contributed by atoms with Crippen LogP contribution in [0.2, 0.25) is 0 Å². The molecular weight excluding hydrogens is 194 g/mol. The molecule has 0 aliphatic carbocycles. The van der Waals surface area contributed by atoms with Crippen molar-refractivity contribution in [2.45, 2.75) is 25.5 Å². The van der Waals surface area contributed by atoms with Crippen LogP contribution in [0.4, 0.5) is 0 Å². The lowest BCUT2D eigenvalue weighted by molar-refractivity contribution is 0.0134. The van der Waals surface area contributed by atoms with Crippen molar-refractivity contribution in [2.75, 3.05) is 33.5 Å². The predicted octanol–water partition coefficient (Wildman–Crippen LogP) is 0.0117. The zero-order valence-electron chi connectivity index (χ0n) is 9.53. The molecule has 0 amide bonds. The summed E-state index contributed by atoms with van der Waals surface area (Å²) < 4.78 is 9.98. The molecule has 0 aromatic carbocycles.